The van der Waals surface area contributed by atoms with Gasteiger partial charge in [-0.05, 0) is 40.4 Å². The van der Waals surface area contributed by atoms with Gasteiger partial charge in [0, 0.05) is 6.07 Å². The molecule has 1 aromatic rings. The number of carboxylic acid groups (broad SMARTS) is 1. The molecule has 5 nitrogen and oxygen atoms in total. The predicted molar refractivity (Wildman–Crippen MR) is 80.6 cm³/mol. The SMILES string of the molecule is CSCC[C@@H](NC(=O)Nc1cc(F)c(Br)cc1F)C(=O)O. The smallest absolute Gasteiger partial charge is 0.326 e. The Balaban J connectivity index is 2.72. The number of carbonyl (C=O) groups excluding carboxylic acids is 1. The van der Waals surface area contributed by atoms with Crippen molar-refractivity contribution in [1.82, 2.24) is 5.32 Å². The first-order valence-corrected chi connectivity index (χ1v) is 7.97. The van der Waals surface area contributed by atoms with Crippen LogP contribution in [0, 0.1) is 11.6 Å². The molecule has 0 bridgehead atoms. The monoisotopic (exact) mass is 382 g/mol. The Morgan fingerprint density at radius 1 is 1.38 bits per heavy atom. The maximum atomic E-state index is 13.5. The number of amides is 2. The summed E-state index contributed by atoms with van der Waals surface area (Å²) < 4.78 is 26.7. The van der Waals surface area contributed by atoms with E-state index in [1.807, 2.05) is 0 Å². The Morgan fingerprint density at radius 3 is 2.62 bits per heavy atom. The Bertz CT molecular complexity index is 545. The van der Waals surface area contributed by atoms with Crippen molar-refractivity contribution in [2.45, 2.75) is 12.5 Å². The van der Waals surface area contributed by atoms with E-state index in [1.165, 1.54) is 11.8 Å². The number of rotatable bonds is 6. The van der Waals surface area contributed by atoms with Gasteiger partial charge in [-0.1, -0.05) is 0 Å². The molecule has 0 radical (unpaired) electrons. The molecule has 0 heterocycles. The van der Waals surface area contributed by atoms with Crippen molar-refractivity contribution in [3.05, 3.63) is 28.2 Å². The Morgan fingerprint density at radius 2 is 2.05 bits per heavy atom. The summed E-state index contributed by atoms with van der Waals surface area (Å²) in [4.78, 5) is 22.6. The van der Waals surface area contributed by atoms with Crippen LogP contribution in [0.4, 0.5) is 19.3 Å². The number of aliphatic carboxylic acids is 1. The van der Waals surface area contributed by atoms with E-state index in [4.69, 9.17) is 5.11 Å². The van der Waals surface area contributed by atoms with Gasteiger partial charge < -0.3 is 15.7 Å². The molecule has 0 saturated heterocycles. The van der Waals surface area contributed by atoms with Gasteiger partial charge >= 0.3 is 12.0 Å². The molecule has 1 rings (SSSR count). The molecule has 116 valence electrons. The molecule has 1 aromatic carbocycles. The minimum atomic E-state index is -1.19. The lowest BCUT2D eigenvalue weighted by Gasteiger charge is -2.15. The van der Waals surface area contributed by atoms with Crippen LogP contribution >= 0.6 is 27.7 Å². The second-order valence-corrected chi connectivity index (χ2v) is 5.86. The first kappa shape index (κ1) is 17.7. The lowest BCUT2D eigenvalue weighted by Crippen LogP contribution is -2.43. The minimum Gasteiger partial charge on any atom is -0.480 e. The zero-order valence-corrected chi connectivity index (χ0v) is 13.4. The van der Waals surface area contributed by atoms with E-state index in [-0.39, 0.29) is 16.6 Å². The van der Waals surface area contributed by atoms with Crippen LogP contribution in [0.15, 0.2) is 16.6 Å². The summed E-state index contributed by atoms with van der Waals surface area (Å²) in [5, 5.41) is 13.2. The van der Waals surface area contributed by atoms with Crippen molar-refractivity contribution in [3.8, 4) is 0 Å². The van der Waals surface area contributed by atoms with Crippen molar-refractivity contribution in [2.75, 3.05) is 17.3 Å². The van der Waals surface area contributed by atoms with Gasteiger partial charge in [0.15, 0.2) is 0 Å². The first-order chi connectivity index (χ1) is 9.85. The highest BCUT2D eigenvalue weighted by Crippen LogP contribution is 2.23. The molecule has 0 unspecified atom stereocenters. The number of carbonyl (C=O) groups is 2. The number of thioether (sulfide) groups is 1. The topological polar surface area (TPSA) is 78.4 Å². The molecule has 2 amide bonds. The zero-order chi connectivity index (χ0) is 16.0. The van der Waals surface area contributed by atoms with Gasteiger partial charge in [-0.3, -0.25) is 0 Å². The average Bonchev–Trinajstić information content (AvgIpc) is 2.40. The van der Waals surface area contributed by atoms with Gasteiger partial charge in [0.1, 0.15) is 17.7 Å². The lowest BCUT2D eigenvalue weighted by atomic mass is 10.2. The standard InChI is InChI=1S/C12H13BrF2N2O3S/c1-21-3-2-9(11(18)19)16-12(20)17-10-5-7(14)6(13)4-8(10)15/h4-5,9H,2-3H2,1H3,(H,18,19)(H2,16,17,20)/t9-/m1/s1. The van der Waals surface area contributed by atoms with Crippen LogP contribution in [0.3, 0.4) is 0 Å². The van der Waals surface area contributed by atoms with Crippen molar-refractivity contribution in [2.24, 2.45) is 0 Å². The normalized spacial score (nSPS) is 11.8. The predicted octanol–water partition coefficient (Wildman–Crippen LogP) is 3.06. The molecule has 0 aliphatic rings. The molecule has 0 spiro atoms. The number of halogens is 3. The van der Waals surface area contributed by atoms with E-state index in [0.29, 0.717) is 5.75 Å². The third-order valence-electron chi connectivity index (χ3n) is 2.47. The van der Waals surface area contributed by atoms with Gasteiger partial charge in [-0.2, -0.15) is 11.8 Å². The highest BCUT2D eigenvalue weighted by atomic mass is 79.9. The third-order valence-corrected chi connectivity index (χ3v) is 3.72. The van der Waals surface area contributed by atoms with Crippen LogP contribution in [0.1, 0.15) is 6.42 Å². The summed E-state index contributed by atoms with van der Waals surface area (Å²) in [6, 6.07) is -0.339. The quantitative estimate of drug-likeness (QED) is 0.660. The highest BCUT2D eigenvalue weighted by molar-refractivity contribution is 9.10. The number of carboxylic acids is 1. The summed E-state index contributed by atoms with van der Waals surface area (Å²) in [5.41, 5.74) is -0.373. The average molecular weight is 383 g/mol. The number of hydrogen-bond donors (Lipinski definition) is 3. The maximum Gasteiger partial charge on any atom is 0.326 e. The summed E-state index contributed by atoms with van der Waals surface area (Å²) in [7, 11) is 0. The number of urea groups is 1. The maximum absolute atomic E-state index is 13.5. The van der Waals surface area contributed by atoms with E-state index < -0.39 is 29.7 Å². The zero-order valence-electron chi connectivity index (χ0n) is 11.0. The number of hydrogen-bond acceptors (Lipinski definition) is 3. The van der Waals surface area contributed by atoms with Crippen LogP contribution in [0.25, 0.3) is 0 Å². The van der Waals surface area contributed by atoms with Crippen LogP contribution in [-0.4, -0.2) is 35.2 Å². The van der Waals surface area contributed by atoms with E-state index in [0.717, 1.165) is 12.1 Å². The molecule has 3 N–H and O–H groups in total. The summed E-state index contributed by atoms with van der Waals surface area (Å²) >= 11 is 4.25. The molecular weight excluding hydrogens is 370 g/mol. The molecule has 0 saturated carbocycles. The summed E-state index contributed by atoms with van der Waals surface area (Å²) in [5.74, 6) is -2.24. The number of benzene rings is 1. The van der Waals surface area contributed by atoms with Crippen LogP contribution < -0.4 is 10.6 Å². The highest BCUT2D eigenvalue weighted by Gasteiger charge is 2.20. The first-order valence-electron chi connectivity index (χ1n) is 5.79. The Kier molecular flexibility index (Phi) is 6.90. The van der Waals surface area contributed by atoms with E-state index in [9.17, 15) is 18.4 Å². The largest absolute Gasteiger partial charge is 0.480 e. The van der Waals surface area contributed by atoms with Gasteiger partial charge in [-0.15, -0.1) is 0 Å². The molecule has 1 atom stereocenters. The van der Waals surface area contributed by atoms with Crippen LogP contribution in [0.2, 0.25) is 0 Å². The van der Waals surface area contributed by atoms with Crippen LogP contribution in [0.5, 0.6) is 0 Å². The molecule has 0 aliphatic heterocycles. The molecule has 0 fully saturated rings. The van der Waals surface area contributed by atoms with Crippen molar-refractivity contribution in [1.29, 1.82) is 0 Å². The Hall–Kier alpha value is -1.35. The van der Waals surface area contributed by atoms with E-state index in [2.05, 4.69) is 26.6 Å². The lowest BCUT2D eigenvalue weighted by molar-refractivity contribution is -0.139. The molecule has 9 heteroatoms. The van der Waals surface area contributed by atoms with Crippen LogP contribution in [-0.2, 0) is 4.79 Å². The third kappa shape index (κ3) is 5.50. The van der Waals surface area contributed by atoms with E-state index in [1.54, 1.807) is 6.26 Å². The number of anilines is 1. The minimum absolute atomic E-state index is 0.0747. The second kappa shape index (κ2) is 8.18. The fourth-order valence-corrected chi connectivity index (χ4v) is 2.21. The molecular formula is C12H13BrF2N2O3S. The van der Waals surface area contributed by atoms with Crippen molar-refractivity contribution >= 4 is 45.4 Å². The van der Waals surface area contributed by atoms with Gasteiger partial charge in [-0.25, -0.2) is 18.4 Å². The van der Waals surface area contributed by atoms with Gasteiger partial charge in [0.25, 0.3) is 0 Å². The second-order valence-electron chi connectivity index (χ2n) is 4.02. The van der Waals surface area contributed by atoms with E-state index >= 15 is 0 Å². The Labute approximate surface area is 132 Å². The molecule has 21 heavy (non-hydrogen) atoms. The molecule has 0 aromatic heterocycles. The fourth-order valence-electron chi connectivity index (χ4n) is 1.43. The fraction of sp³-hybridized carbons (Fsp3) is 0.333. The summed E-state index contributed by atoms with van der Waals surface area (Å²) in [6.07, 6.45) is 2.03. The van der Waals surface area contributed by atoms with Crippen molar-refractivity contribution < 1.29 is 23.5 Å². The summed E-state index contributed by atoms with van der Waals surface area (Å²) in [6.45, 7) is 0. The molecule has 0 aliphatic carbocycles. The van der Waals surface area contributed by atoms with Crippen molar-refractivity contribution in [3.63, 3.8) is 0 Å². The van der Waals surface area contributed by atoms with Gasteiger partial charge in [0.05, 0.1) is 10.2 Å². The number of nitrogens with one attached hydrogen (secondary N) is 2. The van der Waals surface area contributed by atoms with Gasteiger partial charge in [0.2, 0.25) is 0 Å².